The third kappa shape index (κ3) is 4.10. The lowest BCUT2D eigenvalue weighted by molar-refractivity contribution is 0.724. The van der Waals surface area contributed by atoms with E-state index in [1.54, 1.807) is 0 Å². The Morgan fingerprint density at radius 2 is 1.79 bits per heavy atom. The van der Waals surface area contributed by atoms with Gasteiger partial charge in [-0.05, 0) is 30.4 Å². The second kappa shape index (κ2) is 6.83. The Hall–Kier alpha value is -0.560. The summed E-state index contributed by atoms with van der Waals surface area (Å²) in [5.74, 6) is 0. The lowest BCUT2D eigenvalue weighted by Crippen LogP contribution is -1.86. The van der Waals surface area contributed by atoms with E-state index in [0.29, 0.717) is 0 Å². The normalized spacial score (nSPS) is 10.1. The predicted molar refractivity (Wildman–Crippen MR) is 67.9 cm³/mol. The van der Waals surface area contributed by atoms with Crippen LogP contribution in [0, 0.1) is 0 Å². The maximum Gasteiger partial charge on any atom is 0.00313 e. The standard InChI is InChI=1S/C13H17Br/c1-2-12-7-9-13(10-8-12)6-4-3-5-11-14/h2,7-10H,1,3-6,11H2. The van der Waals surface area contributed by atoms with E-state index in [2.05, 4.69) is 46.8 Å². The Kier molecular flexibility index (Phi) is 5.62. The van der Waals surface area contributed by atoms with Gasteiger partial charge in [-0.15, -0.1) is 0 Å². The van der Waals surface area contributed by atoms with Gasteiger partial charge < -0.3 is 0 Å². The van der Waals surface area contributed by atoms with Crippen molar-refractivity contribution in [1.82, 2.24) is 0 Å². The van der Waals surface area contributed by atoms with Crippen LogP contribution < -0.4 is 0 Å². The summed E-state index contributed by atoms with van der Waals surface area (Å²) in [6.07, 6.45) is 6.97. The molecule has 1 heteroatoms. The summed E-state index contributed by atoms with van der Waals surface area (Å²) >= 11 is 3.44. The molecule has 14 heavy (non-hydrogen) atoms. The maximum absolute atomic E-state index is 3.74. The fraction of sp³-hybridized carbons (Fsp3) is 0.385. The molecule has 0 heterocycles. The monoisotopic (exact) mass is 252 g/mol. The Morgan fingerprint density at radius 3 is 2.36 bits per heavy atom. The topological polar surface area (TPSA) is 0 Å². The number of hydrogen-bond donors (Lipinski definition) is 0. The van der Waals surface area contributed by atoms with Gasteiger partial charge in [-0.1, -0.05) is 59.3 Å². The van der Waals surface area contributed by atoms with E-state index in [1.165, 1.54) is 36.8 Å². The van der Waals surface area contributed by atoms with Gasteiger partial charge in [0.05, 0.1) is 0 Å². The summed E-state index contributed by atoms with van der Waals surface area (Å²) in [6.45, 7) is 3.74. The van der Waals surface area contributed by atoms with Crippen LogP contribution in [0.4, 0.5) is 0 Å². The van der Waals surface area contributed by atoms with Gasteiger partial charge in [0, 0.05) is 5.33 Å². The molecule has 0 nitrogen and oxygen atoms in total. The minimum absolute atomic E-state index is 1.13. The van der Waals surface area contributed by atoms with Gasteiger partial charge in [-0.25, -0.2) is 0 Å². The molecule has 0 bridgehead atoms. The molecule has 0 unspecified atom stereocenters. The fourth-order valence-electron chi connectivity index (χ4n) is 1.42. The number of unbranched alkanes of at least 4 members (excludes halogenated alkanes) is 2. The van der Waals surface area contributed by atoms with Crippen LogP contribution in [-0.2, 0) is 6.42 Å². The minimum atomic E-state index is 1.13. The smallest absolute Gasteiger partial charge is 0.00313 e. The zero-order valence-electron chi connectivity index (χ0n) is 8.51. The van der Waals surface area contributed by atoms with E-state index in [1.807, 2.05) is 6.08 Å². The molecular formula is C13H17Br. The molecular weight excluding hydrogens is 236 g/mol. The number of alkyl halides is 1. The number of hydrogen-bond acceptors (Lipinski definition) is 0. The van der Waals surface area contributed by atoms with Gasteiger partial charge in [-0.2, -0.15) is 0 Å². The Labute approximate surface area is 95.2 Å². The van der Waals surface area contributed by atoms with E-state index in [-0.39, 0.29) is 0 Å². The molecule has 0 radical (unpaired) electrons. The van der Waals surface area contributed by atoms with Gasteiger partial charge in [0.25, 0.3) is 0 Å². The zero-order valence-corrected chi connectivity index (χ0v) is 10.1. The molecule has 0 saturated heterocycles. The van der Waals surface area contributed by atoms with Crippen LogP contribution in [0.3, 0.4) is 0 Å². The lowest BCUT2D eigenvalue weighted by atomic mass is 10.1. The first kappa shape index (κ1) is 11.5. The lowest BCUT2D eigenvalue weighted by Gasteiger charge is -2.01. The number of rotatable bonds is 6. The van der Waals surface area contributed by atoms with Crippen LogP contribution in [0.2, 0.25) is 0 Å². The van der Waals surface area contributed by atoms with Crippen LogP contribution in [0.15, 0.2) is 30.8 Å². The van der Waals surface area contributed by atoms with Crippen molar-refractivity contribution >= 4 is 22.0 Å². The molecule has 0 spiro atoms. The van der Waals surface area contributed by atoms with Gasteiger partial charge in [-0.3, -0.25) is 0 Å². The predicted octanol–water partition coefficient (Wildman–Crippen LogP) is 4.44. The van der Waals surface area contributed by atoms with E-state index in [4.69, 9.17) is 0 Å². The minimum Gasteiger partial charge on any atom is -0.0985 e. The average Bonchev–Trinajstić information content (AvgIpc) is 2.25. The van der Waals surface area contributed by atoms with Crippen LogP contribution in [0.1, 0.15) is 30.4 Å². The number of benzene rings is 1. The highest BCUT2D eigenvalue weighted by Crippen LogP contribution is 2.09. The fourth-order valence-corrected chi connectivity index (χ4v) is 1.82. The summed E-state index contributed by atoms with van der Waals surface area (Å²) in [5, 5.41) is 1.13. The molecule has 0 saturated carbocycles. The molecule has 0 aromatic heterocycles. The van der Waals surface area contributed by atoms with Crippen LogP contribution in [0.25, 0.3) is 6.08 Å². The zero-order chi connectivity index (χ0) is 10.2. The Balaban J connectivity index is 2.32. The molecule has 0 amide bonds. The van der Waals surface area contributed by atoms with Crippen molar-refractivity contribution < 1.29 is 0 Å². The largest absolute Gasteiger partial charge is 0.0985 e. The number of halogens is 1. The maximum atomic E-state index is 3.74. The molecule has 0 aliphatic rings. The van der Waals surface area contributed by atoms with Gasteiger partial charge in [0.2, 0.25) is 0 Å². The van der Waals surface area contributed by atoms with Crippen LogP contribution >= 0.6 is 15.9 Å². The van der Waals surface area contributed by atoms with Crippen molar-refractivity contribution in [2.45, 2.75) is 25.7 Å². The molecule has 1 rings (SSSR count). The Morgan fingerprint density at radius 1 is 1.07 bits per heavy atom. The SMILES string of the molecule is C=Cc1ccc(CCCCCBr)cc1. The van der Waals surface area contributed by atoms with Gasteiger partial charge >= 0.3 is 0 Å². The summed E-state index contributed by atoms with van der Waals surface area (Å²) in [5.41, 5.74) is 2.64. The van der Waals surface area contributed by atoms with E-state index in [9.17, 15) is 0 Å². The van der Waals surface area contributed by atoms with Crippen molar-refractivity contribution in [2.24, 2.45) is 0 Å². The average molecular weight is 253 g/mol. The summed E-state index contributed by atoms with van der Waals surface area (Å²) in [7, 11) is 0. The molecule has 1 aromatic rings. The van der Waals surface area contributed by atoms with E-state index >= 15 is 0 Å². The van der Waals surface area contributed by atoms with Crippen molar-refractivity contribution in [3.8, 4) is 0 Å². The van der Waals surface area contributed by atoms with Crippen molar-refractivity contribution in [3.63, 3.8) is 0 Å². The van der Waals surface area contributed by atoms with Gasteiger partial charge in [0.15, 0.2) is 0 Å². The second-order valence-electron chi connectivity index (χ2n) is 3.45. The van der Waals surface area contributed by atoms with Crippen molar-refractivity contribution in [2.75, 3.05) is 5.33 Å². The first-order chi connectivity index (χ1) is 6.86. The quantitative estimate of drug-likeness (QED) is 0.519. The summed E-state index contributed by atoms with van der Waals surface area (Å²) in [4.78, 5) is 0. The molecule has 0 N–H and O–H groups in total. The second-order valence-corrected chi connectivity index (χ2v) is 4.24. The van der Waals surface area contributed by atoms with Crippen LogP contribution in [0.5, 0.6) is 0 Å². The highest BCUT2D eigenvalue weighted by atomic mass is 79.9. The van der Waals surface area contributed by atoms with E-state index in [0.717, 1.165) is 5.33 Å². The third-order valence-corrected chi connectivity index (χ3v) is 2.88. The molecule has 0 fully saturated rings. The first-order valence-electron chi connectivity index (χ1n) is 5.14. The molecule has 0 atom stereocenters. The molecule has 76 valence electrons. The van der Waals surface area contributed by atoms with Crippen molar-refractivity contribution in [3.05, 3.63) is 42.0 Å². The Bertz CT molecular complexity index is 261. The van der Waals surface area contributed by atoms with Crippen molar-refractivity contribution in [1.29, 1.82) is 0 Å². The van der Waals surface area contributed by atoms with Crippen LogP contribution in [-0.4, -0.2) is 5.33 Å². The highest BCUT2D eigenvalue weighted by Gasteiger charge is 1.93. The molecule has 0 aliphatic carbocycles. The third-order valence-electron chi connectivity index (χ3n) is 2.31. The number of aryl methyl sites for hydroxylation is 1. The van der Waals surface area contributed by atoms with Gasteiger partial charge in [0.1, 0.15) is 0 Å². The summed E-state index contributed by atoms with van der Waals surface area (Å²) < 4.78 is 0. The molecule has 0 aliphatic heterocycles. The highest BCUT2D eigenvalue weighted by molar-refractivity contribution is 9.09. The molecule has 1 aromatic carbocycles. The van der Waals surface area contributed by atoms with E-state index < -0.39 is 0 Å². The first-order valence-corrected chi connectivity index (χ1v) is 6.26. The summed E-state index contributed by atoms with van der Waals surface area (Å²) in [6, 6.07) is 8.66.